The molecule has 1 saturated heterocycles. The molecule has 1 fully saturated rings. The van der Waals surface area contributed by atoms with Gasteiger partial charge in [0.2, 0.25) is 0 Å². The van der Waals surface area contributed by atoms with Crippen molar-refractivity contribution in [1.82, 2.24) is 20.3 Å². The zero-order valence-electron chi connectivity index (χ0n) is 18.7. The lowest BCUT2D eigenvalue weighted by Crippen LogP contribution is -2.38. The van der Waals surface area contributed by atoms with Gasteiger partial charge in [0.25, 0.3) is 0 Å². The number of benzene rings is 2. The fourth-order valence-electron chi connectivity index (χ4n) is 4.02. The number of hydrogen-bond donors (Lipinski definition) is 2. The summed E-state index contributed by atoms with van der Waals surface area (Å²) in [7, 11) is 0. The van der Waals surface area contributed by atoms with Crippen molar-refractivity contribution in [2.75, 3.05) is 18.5 Å². The Labute approximate surface area is 203 Å². The molecule has 0 unspecified atom stereocenters. The van der Waals surface area contributed by atoms with Crippen LogP contribution in [-0.4, -0.2) is 34.1 Å². The van der Waals surface area contributed by atoms with Gasteiger partial charge in [-0.2, -0.15) is 0 Å². The van der Waals surface area contributed by atoms with E-state index >= 15 is 0 Å². The lowest BCUT2D eigenvalue weighted by molar-refractivity contribution is 0.241. The molecule has 4 aromatic rings. The maximum atomic E-state index is 6.50. The lowest BCUT2D eigenvalue weighted by Gasteiger charge is -2.24. The molecule has 0 amide bonds. The molecule has 174 valence electrons. The summed E-state index contributed by atoms with van der Waals surface area (Å²) in [6.45, 7) is 2.00. The highest BCUT2D eigenvalue weighted by Crippen LogP contribution is 2.34. The smallest absolute Gasteiger partial charge is 0.145 e. The van der Waals surface area contributed by atoms with E-state index in [1.165, 1.54) is 12.8 Å². The molecule has 1 aliphatic heterocycles. The van der Waals surface area contributed by atoms with Gasteiger partial charge in [0.15, 0.2) is 0 Å². The zero-order chi connectivity index (χ0) is 23.2. The van der Waals surface area contributed by atoms with Crippen molar-refractivity contribution in [1.29, 1.82) is 0 Å². The van der Waals surface area contributed by atoms with Crippen molar-refractivity contribution in [3.8, 4) is 11.5 Å². The van der Waals surface area contributed by atoms with Crippen LogP contribution in [0.5, 0.6) is 11.5 Å². The molecule has 0 aliphatic carbocycles. The van der Waals surface area contributed by atoms with Gasteiger partial charge in [-0.15, -0.1) is 0 Å². The first-order valence-electron chi connectivity index (χ1n) is 11.5. The Bertz CT molecular complexity index is 1240. The van der Waals surface area contributed by atoms with Crippen molar-refractivity contribution in [3.05, 3.63) is 77.8 Å². The summed E-state index contributed by atoms with van der Waals surface area (Å²) < 4.78 is 12.1. The number of anilines is 2. The van der Waals surface area contributed by atoms with Gasteiger partial charge in [0.05, 0.1) is 21.6 Å². The van der Waals surface area contributed by atoms with Gasteiger partial charge in [0, 0.05) is 17.9 Å². The maximum absolute atomic E-state index is 6.50. The molecular formula is C26H26ClN5O2. The number of nitrogens with zero attached hydrogens (tertiary/aromatic N) is 3. The zero-order valence-corrected chi connectivity index (χ0v) is 19.5. The molecule has 2 aromatic heterocycles. The Morgan fingerprint density at radius 1 is 0.971 bits per heavy atom. The highest BCUT2D eigenvalue weighted by Gasteiger charge is 2.16. The van der Waals surface area contributed by atoms with Crippen LogP contribution in [0, 0.1) is 0 Å². The fraction of sp³-hybridized carbons (Fsp3) is 0.269. The molecule has 0 spiro atoms. The molecule has 34 heavy (non-hydrogen) atoms. The van der Waals surface area contributed by atoms with Crippen molar-refractivity contribution >= 4 is 34.0 Å². The number of piperidine rings is 1. The molecule has 2 aromatic carbocycles. The lowest BCUT2D eigenvalue weighted by atomic mass is 10.1. The van der Waals surface area contributed by atoms with E-state index in [0.29, 0.717) is 35.8 Å². The van der Waals surface area contributed by atoms with Crippen LogP contribution in [0.25, 0.3) is 10.9 Å². The summed E-state index contributed by atoms with van der Waals surface area (Å²) in [6.07, 6.45) is 6.86. The van der Waals surface area contributed by atoms with E-state index in [2.05, 4.69) is 25.6 Å². The van der Waals surface area contributed by atoms with Gasteiger partial charge >= 0.3 is 0 Å². The standard InChI is InChI=1S/C26H26ClN5O2/c27-21-14-18(10-11-23(21)33-15-19-6-1-3-12-28-19)32-26-25-22(30-17-31-26)8-5-9-24(25)34-16-20-7-2-4-13-29-20/h1,3,5-6,8-12,14,17,20,29H,2,4,7,13,15-16H2,(H,30,31,32)/t20-/m1/s1. The fourth-order valence-corrected chi connectivity index (χ4v) is 4.25. The number of ether oxygens (including phenoxy) is 2. The van der Waals surface area contributed by atoms with Crippen molar-refractivity contribution < 1.29 is 9.47 Å². The van der Waals surface area contributed by atoms with Crippen LogP contribution < -0.4 is 20.1 Å². The van der Waals surface area contributed by atoms with Crippen molar-refractivity contribution in [2.24, 2.45) is 0 Å². The summed E-state index contributed by atoms with van der Waals surface area (Å²) in [5.41, 5.74) is 2.44. The molecule has 7 nitrogen and oxygen atoms in total. The Balaban J connectivity index is 1.33. The summed E-state index contributed by atoms with van der Waals surface area (Å²) in [6, 6.07) is 17.5. The molecule has 8 heteroatoms. The second kappa shape index (κ2) is 10.7. The molecule has 1 atom stereocenters. The third-order valence-corrected chi connectivity index (χ3v) is 6.07. The van der Waals surface area contributed by atoms with Crippen LogP contribution in [0.15, 0.2) is 67.1 Å². The van der Waals surface area contributed by atoms with E-state index in [-0.39, 0.29) is 0 Å². The second-order valence-electron chi connectivity index (χ2n) is 8.21. The summed E-state index contributed by atoms with van der Waals surface area (Å²) >= 11 is 6.50. The second-order valence-corrected chi connectivity index (χ2v) is 8.62. The van der Waals surface area contributed by atoms with Crippen molar-refractivity contribution in [3.63, 3.8) is 0 Å². The minimum absolute atomic E-state index is 0.348. The molecular weight excluding hydrogens is 450 g/mol. The highest BCUT2D eigenvalue weighted by atomic mass is 35.5. The van der Waals surface area contributed by atoms with Crippen LogP contribution in [0.3, 0.4) is 0 Å². The van der Waals surface area contributed by atoms with Gasteiger partial charge in [-0.05, 0) is 61.9 Å². The van der Waals surface area contributed by atoms with Crippen LogP contribution in [0.4, 0.5) is 11.5 Å². The average Bonchev–Trinajstić information content (AvgIpc) is 2.88. The van der Waals surface area contributed by atoms with Gasteiger partial charge in [-0.25, -0.2) is 9.97 Å². The molecule has 0 saturated carbocycles. The number of pyridine rings is 1. The van der Waals surface area contributed by atoms with Gasteiger partial charge in [0.1, 0.15) is 36.9 Å². The Kier molecular flexibility index (Phi) is 7.02. The first kappa shape index (κ1) is 22.4. The monoisotopic (exact) mass is 475 g/mol. The molecule has 0 radical (unpaired) electrons. The normalized spacial score (nSPS) is 15.7. The van der Waals surface area contributed by atoms with Crippen LogP contribution in [0.1, 0.15) is 25.0 Å². The van der Waals surface area contributed by atoms with E-state index in [0.717, 1.165) is 41.0 Å². The molecule has 3 heterocycles. The number of aromatic nitrogens is 3. The minimum Gasteiger partial charge on any atom is -0.491 e. The molecule has 5 rings (SSSR count). The Morgan fingerprint density at radius 2 is 1.94 bits per heavy atom. The number of hydrogen-bond acceptors (Lipinski definition) is 7. The van der Waals surface area contributed by atoms with Gasteiger partial charge in [-0.1, -0.05) is 30.2 Å². The Hall–Kier alpha value is -3.42. The number of nitrogens with one attached hydrogen (secondary N) is 2. The predicted octanol–water partition coefficient (Wildman–Crippen LogP) is 5.52. The van der Waals surface area contributed by atoms with E-state index in [1.54, 1.807) is 12.5 Å². The van der Waals surface area contributed by atoms with Crippen LogP contribution >= 0.6 is 11.6 Å². The van der Waals surface area contributed by atoms with E-state index in [9.17, 15) is 0 Å². The average molecular weight is 476 g/mol. The SMILES string of the molecule is Clc1cc(Nc2ncnc3cccc(OC[C@H]4CCCCN4)c23)ccc1OCc1ccccn1. The summed E-state index contributed by atoms with van der Waals surface area (Å²) in [5, 5.41) is 8.23. The molecule has 1 aliphatic rings. The third kappa shape index (κ3) is 5.38. The number of halogens is 1. The van der Waals surface area contributed by atoms with Crippen molar-refractivity contribution in [2.45, 2.75) is 31.9 Å². The van der Waals surface area contributed by atoms with E-state index in [1.807, 2.05) is 54.6 Å². The van der Waals surface area contributed by atoms with E-state index in [4.69, 9.17) is 21.1 Å². The molecule has 0 bridgehead atoms. The summed E-state index contributed by atoms with van der Waals surface area (Å²) in [5.74, 6) is 2.01. The van der Waals surface area contributed by atoms with Crippen LogP contribution in [0.2, 0.25) is 5.02 Å². The van der Waals surface area contributed by atoms with Gasteiger partial charge < -0.3 is 20.1 Å². The largest absolute Gasteiger partial charge is 0.491 e. The van der Waals surface area contributed by atoms with E-state index < -0.39 is 0 Å². The quantitative estimate of drug-likeness (QED) is 0.347. The number of fused-ring (bicyclic) bond motifs is 1. The van der Waals surface area contributed by atoms with Gasteiger partial charge in [-0.3, -0.25) is 4.98 Å². The predicted molar refractivity (Wildman–Crippen MR) is 134 cm³/mol. The first-order chi connectivity index (χ1) is 16.8. The number of rotatable bonds is 8. The highest BCUT2D eigenvalue weighted by molar-refractivity contribution is 6.32. The maximum Gasteiger partial charge on any atom is 0.145 e. The summed E-state index contributed by atoms with van der Waals surface area (Å²) in [4.78, 5) is 13.2. The molecule has 2 N–H and O–H groups in total. The first-order valence-corrected chi connectivity index (χ1v) is 11.8. The Morgan fingerprint density at radius 3 is 2.76 bits per heavy atom. The minimum atomic E-state index is 0.348. The van der Waals surface area contributed by atoms with Crippen LogP contribution in [-0.2, 0) is 6.61 Å². The third-order valence-electron chi connectivity index (χ3n) is 5.77. The topological polar surface area (TPSA) is 81.2 Å².